The predicted molar refractivity (Wildman–Crippen MR) is 133 cm³/mol. The maximum absolute atomic E-state index is 12.4. The number of nitrogens with zero attached hydrogens (tertiary/aromatic N) is 3. The quantitative estimate of drug-likeness (QED) is 0.407. The lowest BCUT2D eigenvalue weighted by Gasteiger charge is -2.28. The molecule has 0 fully saturated rings. The van der Waals surface area contributed by atoms with Crippen LogP contribution in [0.3, 0.4) is 0 Å². The largest absolute Gasteiger partial charge is 0.493 e. The molecule has 2 aromatic carbocycles. The van der Waals surface area contributed by atoms with E-state index in [1.165, 1.54) is 0 Å². The molecule has 0 radical (unpaired) electrons. The fourth-order valence-corrected chi connectivity index (χ4v) is 4.54. The van der Waals surface area contributed by atoms with Gasteiger partial charge in [-0.1, -0.05) is 48.5 Å². The van der Waals surface area contributed by atoms with Crippen molar-refractivity contribution >= 4 is 35.2 Å². The van der Waals surface area contributed by atoms with Crippen LogP contribution in [0.15, 0.2) is 58.9 Å². The topological polar surface area (TPSA) is 104 Å². The van der Waals surface area contributed by atoms with Gasteiger partial charge < -0.3 is 20.5 Å². The summed E-state index contributed by atoms with van der Waals surface area (Å²) in [5, 5.41) is 9.13. The Morgan fingerprint density at radius 2 is 2.00 bits per heavy atom. The molecule has 3 aromatic rings. The second-order valence-electron chi connectivity index (χ2n) is 7.77. The van der Waals surface area contributed by atoms with Crippen LogP contribution >= 0.6 is 23.4 Å². The number of halogens is 1. The highest BCUT2D eigenvalue weighted by molar-refractivity contribution is 7.99. The van der Waals surface area contributed by atoms with Gasteiger partial charge in [0.15, 0.2) is 11.5 Å². The van der Waals surface area contributed by atoms with E-state index in [9.17, 15) is 4.79 Å². The average Bonchev–Trinajstić information content (AvgIpc) is 3.23. The fraction of sp³-hybridized carbons (Fsp3) is 0.292. The van der Waals surface area contributed by atoms with Crippen LogP contribution in [0.4, 0.5) is 5.95 Å². The van der Waals surface area contributed by atoms with Gasteiger partial charge in [-0.15, -0.1) is 5.10 Å². The van der Waals surface area contributed by atoms with Gasteiger partial charge in [-0.05, 0) is 48.7 Å². The highest BCUT2D eigenvalue weighted by atomic mass is 35.5. The Morgan fingerprint density at radius 3 is 2.68 bits per heavy atom. The molecule has 1 unspecified atom stereocenters. The van der Waals surface area contributed by atoms with Crippen molar-refractivity contribution in [1.29, 1.82) is 0 Å². The monoisotopic (exact) mass is 499 g/mol. The molecular weight excluding hydrogens is 474 g/mol. The standard InChI is InChI=1S/C24H26ClN5O3S/c1-4-11-34-24-28-23-27-14(2)20(22(26)31)21(30(23)29-24)16-7-10-18(19(12-16)32-3)33-13-15-5-8-17(25)9-6-15/h5-10,12,21H,4,11,13H2,1-3H3,(H2,26,31)(H,27,28,29). The number of fused-ring (bicyclic) bond motifs is 1. The summed E-state index contributed by atoms with van der Waals surface area (Å²) in [6.45, 7) is 4.27. The Morgan fingerprint density at radius 1 is 1.24 bits per heavy atom. The zero-order chi connectivity index (χ0) is 24.2. The molecule has 0 aliphatic carbocycles. The first-order valence-corrected chi connectivity index (χ1v) is 12.2. The number of methoxy groups -OCH3 is 1. The van der Waals surface area contributed by atoms with Crippen LogP contribution in [-0.2, 0) is 11.4 Å². The van der Waals surface area contributed by atoms with E-state index in [4.69, 9.17) is 26.8 Å². The third-order valence-electron chi connectivity index (χ3n) is 5.34. The van der Waals surface area contributed by atoms with Gasteiger partial charge in [0.1, 0.15) is 12.6 Å². The lowest BCUT2D eigenvalue weighted by Crippen LogP contribution is -2.31. The minimum atomic E-state index is -0.545. The zero-order valence-corrected chi connectivity index (χ0v) is 20.7. The molecule has 0 spiro atoms. The molecule has 3 N–H and O–H groups in total. The summed E-state index contributed by atoms with van der Waals surface area (Å²) >= 11 is 7.53. The number of allylic oxidation sites excluding steroid dienone is 1. The lowest BCUT2D eigenvalue weighted by atomic mass is 9.95. The van der Waals surface area contributed by atoms with E-state index >= 15 is 0 Å². The maximum Gasteiger partial charge on any atom is 0.248 e. The summed E-state index contributed by atoms with van der Waals surface area (Å²) in [7, 11) is 1.58. The third-order valence-corrected chi connectivity index (χ3v) is 6.64. The van der Waals surface area contributed by atoms with Crippen molar-refractivity contribution in [2.75, 3.05) is 18.2 Å². The molecule has 0 bridgehead atoms. The molecule has 10 heteroatoms. The van der Waals surface area contributed by atoms with Gasteiger partial charge >= 0.3 is 0 Å². The van der Waals surface area contributed by atoms with Crippen molar-refractivity contribution in [2.24, 2.45) is 5.73 Å². The average molecular weight is 500 g/mol. The number of thioether (sulfide) groups is 1. The van der Waals surface area contributed by atoms with E-state index in [2.05, 4.69) is 22.3 Å². The summed E-state index contributed by atoms with van der Waals surface area (Å²) in [6.07, 6.45) is 1.00. The van der Waals surface area contributed by atoms with Crippen molar-refractivity contribution < 1.29 is 14.3 Å². The number of hydrogen-bond donors (Lipinski definition) is 2. The van der Waals surface area contributed by atoms with Crippen molar-refractivity contribution in [3.63, 3.8) is 0 Å². The van der Waals surface area contributed by atoms with Crippen LogP contribution in [-0.4, -0.2) is 33.5 Å². The Kier molecular flexibility index (Phi) is 7.33. The smallest absolute Gasteiger partial charge is 0.248 e. The molecule has 1 aliphatic heterocycles. The lowest BCUT2D eigenvalue weighted by molar-refractivity contribution is -0.115. The van der Waals surface area contributed by atoms with Gasteiger partial charge in [0.25, 0.3) is 0 Å². The number of aromatic nitrogens is 3. The number of nitrogens with one attached hydrogen (secondary N) is 1. The van der Waals surface area contributed by atoms with Crippen LogP contribution in [0.25, 0.3) is 0 Å². The van der Waals surface area contributed by atoms with Gasteiger partial charge in [0, 0.05) is 16.5 Å². The molecule has 1 aromatic heterocycles. The number of ether oxygens (including phenoxy) is 2. The van der Waals surface area contributed by atoms with E-state index in [1.807, 2.05) is 49.4 Å². The van der Waals surface area contributed by atoms with Crippen LogP contribution < -0.4 is 20.5 Å². The molecule has 8 nitrogen and oxygen atoms in total. The first kappa shape index (κ1) is 24.0. The number of carbonyl (C=O) groups excluding carboxylic acids is 1. The minimum absolute atomic E-state index is 0.358. The zero-order valence-electron chi connectivity index (χ0n) is 19.2. The second-order valence-corrected chi connectivity index (χ2v) is 9.27. The van der Waals surface area contributed by atoms with E-state index in [0.29, 0.717) is 45.5 Å². The molecular formula is C24H26ClN5O3S. The summed E-state index contributed by atoms with van der Waals surface area (Å²) in [5.74, 6) is 2.05. The van der Waals surface area contributed by atoms with Gasteiger partial charge in [0.05, 0.1) is 12.7 Å². The highest BCUT2D eigenvalue weighted by Crippen LogP contribution is 2.39. The first-order chi connectivity index (χ1) is 16.4. The number of carbonyl (C=O) groups is 1. The number of primary amides is 1. The number of hydrogen-bond acceptors (Lipinski definition) is 7. The first-order valence-electron chi connectivity index (χ1n) is 10.8. The molecule has 1 amide bonds. The molecule has 1 aliphatic rings. The van der Waals surface area contributed by atoms with Crippen molar-refractivity contribution in [3.05, 3.63) is 69.9 Å². The van der Waals surface area contributed by atoms with Crippen LogP contribution in [0, 0.1) is 0 Å². The minimum Gasteiger partial charge on any atom is -0.493 e. The van der Waals surface area contributed by atoms with Crippen LogP contribution in [0.2, 0.25) is 5.02 Å². The third kappa shape index (κ3) is 5.00. The Hall–Kier alpha value is -3.17. The summed E-state index contributed by atoms with van der Waals surface area (Å²) in [6, 6.07) is 12.5. The van der Waals surface area contributed by atoms with Crippen molar-refractivity contribution in [3.8, 4) is 11.5 Å². The number of amides is 1. The Labute approximate surface area is 207 Å². The van der Waals surface area contributed by atoms with Crippen molar-refractivity contribution in [2.45, 2.75) is 38.1 Å². The number of benzene rings is 2. The summed E-state index contributed by atoms with van der Waals surface area (Å²) < 4.78 is 13.3. The number of rotatable bonds is 9. The predicted octanol–water partition coefficient (Wildman–Crippen LogP) is 4.80. The molecule has 0 saturated heterocycles. The molecule has 1 atom stereocenters. The van der Waals surface area contributed by atoms with E-state index in [0.717, 1.165) is 23.3 Å². The normalized spacial score (nSPS) is 15.0. The number of nitrogens with two attached hydrogens (primary N) is 1. The molecule has 178 valence electrons. The molecule has 4 rings (SSSR count). The second kappa shape index (κ2) is 10.4. The van der Waals surface area contributed by atoms with Crippen molar-refractivity contribution in [1.82, 2.24) is 14.8 Å². The SMILES string of the molecule is CCCSc1nc2n(n1)C(c1ccc(OCc3ccc(Cl)cc3)c(OC)c1)C(C(N)=O)=C(C)N2. The van der Waals surface area contributed by atoms with Gasteiger partial charge in [0.2, 0.25) is 17.0 Å². The maximum atomic E-state index is 12.4. The van der Waals surface area contributed by atoms with Gasteiger partial charge in [-0.3, -0.25) is 4.79 Å². The summed E-state index contributed by atoms with van der Waals surface area (Å²) in [5.41, 5.74) is 8.61. The fourth-order valence-electron chi connectivity index (χ4n) is 3.73. The van der Waals surface area contributed by atoms with Crippen LogP contribution in [0.5, 0.6) is 11.5 Å². The summed E-state index contributed by atoms with van der Waals surface area (Å²) in [4.78, 5) is 17.0. The number of anilines is 1. The van der Waals surface area contributed by atoms with E-state index < -0.39 is 11.9 Å². The molecule has 2 heterocycles. The Bertz CT molecular complexity index is 1230. The Balaban J connectivity index is 1.68. The van der Waals surface area contributed by atoms with E-state index in [-0.39, 0.29) is 0 Å². The van der Waals surface area contributed by atoms with Crippen LogP contribution in [0.1, 0.15) is 37.4 Å². The van der Waals surface area contributed by atoms with Gasteiger partial charge in [-0.2, -0.15) is 4.98 Å². The molecule has 34 heavy (non-hydrogen) atoms. The highest BCUT2D eigenvalue weighted by Gasteiger charge is 2.33. The molecule has 0 saturated carbocycles. The van der Waals surface area contributed by atoms with Gasteiger partial charge in [-0.25, -0.2) is 4.68 Å². The van der Waals surface area contributed by atoms with E-state index in [1.54, 1.807) is 23.6 Å².